The zero-order chi connectivity index (χ0) is 11.8. The molecule has 1 amide bonds. The van der Waals surface area contributed by atoms with Gasteiger partial charge >= 0.3 is 0 Å². The minimum absolute atomic E-state index is 0.0748. The first-order valence-electron chi connectivity index (χ1n) is 5.34. The van der Waals surface area contributed by atoms with Crippen LogP contribution in [0.15, 0.2) is 36.8 Å². The van der Waals surface area contributed by atoms with Crippen molar-refractivity contribution in [1.29, 1.82) is 0 Å². The van der Waals surface area contributed by atoms with Gasteiger partial charge in [0.15, 0.2) is 0 Å². The van der Waals surface area contributed by atoms with Gasteiger partial charge in [-0.1, -0.05) is 0 Å². The number of amides is 1. The summed E-state index contributed by atoms with van der Waals surface area (Å²) in [5, 5.41) is 2.80. The van der Waals surface area contributed by atoms with E-state index in [1.807, 2.05) is 42.1 Å². The van der Waals surface area contributed by atoms with Gasteiger partial charge in [0.25, 0.3) is 5.91 Å². The Morgan fingerprint density at radius 2 is 2.29 bits per heavy atom. The van der Waals surface area contributed by atoms with Gasteiger partial charge < -0.3 is 9.88 Å². The van der Waals surface area contributed by atoms with Crippen LogP contribution in [0.4, 0.5) is 5.69 Å². The molecule has 1 aliphatic heterocycles. The van der Waals surface area contributed by atoms with Gasteiger partial charge in [-0.15, -0.1) is 0 Å². The van der Waals surface area contributed by atoms with Crippen LogP contribution in [0, 0.1) is 0 Å². The van der Waals surface area contributed by atoms with Crippen LogP contribution in [-0.2, 0) is 11.8 Å². The third kappa shape index (κ3) is 1.54. The summed E-state index contributed by atoms with van der Waals surface area (Å²) in [5.74, 6) is -0.0748. The molecule has 0 saturated carbocycles. The summed E-state index contributed by atoms with van der Waals surface area (Å²) < 4.78 is 1.97. The maximum Gasteiger partial charge on any atom is 0.256 e. The van der Waals surface area contributed by atoms with Crippen LogP contribution in [0.5, 0.6) is 0 Å². The summed E-state index contributed by atoms with van der Waals surface area (Å²) in [7, 11) is 1.95. The molecule has 17 heavy (non-hydrogen) atoms. The van der Waals surface area contributed by atoms with Crippen molar-refractivity contribution in [3.05, 3.63) is 48.0 Å². The summed E-state index contributed by atoms with van der Waals surface area (Å²) >= 11 is 0. The summed E-state index contributed by atoms with van der Waals surface area (Å²) in [6.07, 6.45) is 7.20. The van der Waals surface area contributed by atoms with Gasteiger partial charge in [-0.3, -0.25) is 9.78 Å². The molecule has 0 unspecified atom stereocenters. The van der Waals surface area contributed by atoms with Crippen LogP contribution in [0.2, 0.25) is 0 Å². The number of carbonyl (C=O) groups is 1. The lowest BCUT2D eigenvalue weighted by Gasteiger charge is -1.99. The number of hydrogen-bond donors (Lipinski definition) is 1. The van der Waals surface area contributed by atoms with E-state index in [9.17, 15) is 4.79 Å². The third-order valence-corrected chi connectivity index (χ3v) is 2.88. The molecular weight excluding hydrogens is 214 g/mol. The number of anilines is 1. The van der Waals surface area contributed by atoms with E-state index in [1.54, 1.807) is 12.4 Å². The highest BCUT2D eigenvalue weighted by atomic mass is 16.2. The molecule has 0 fully saturated rings. The fourth-order valence-corrected chi connectivity index (χ4v) is 1.96. The second-order valence-corrected chi connectivity index (χ2v) is 3.98. The molecule has 4 nitrogen and oxygen atoms in total. The predicted molar refractivity (Wildman–Crippen MR) is 66.2 cm³/mol. The number of rotatable bonds is 1. The number of nitrogens with zero attached hydrogens (tertiary/aromatic N) is 2. The molecular formula is C13H11N3O. The molecule has 0 atom stereocenters. The van der Waals surface area contributed by atoms with E-state index >= 15 is 0 Å². The Balaban J connectivity index is 2.13. The van der Waals surface area contributed by atoms with Crippen LogP contribution in [0.3, 0.4) is 0 Å². The van der Waals surface area contributed by atoms with Crippen molar-refractivity contribution in [2.24, 2.45) is 7.05 Å². The highest BCUT2D eigenvalue weighted by Gasteiger charge is 2.23. The Morgan fingerprint density at radius 1 is 1.41 bits per heavy atom. The number of nitrogens with one attached hydrogen (secondary N) is 1. The lowest BCUT2D eigenvalue weighted by atomic mass is 10.1. The van der Waals surface area contributed by atoms with Crippen molar-refractivity contribution in [3.8, 4) is 0 Å². The Labute approximate surface area is 98.6 Å². The second kappa shape index (κ2) is 3.59. The highest BCUT2D eigenvalue weighted by Crippen LogP contribution is 2.31. The number of aromatic nitrogens is 2. The van der Waals surface area contributed by atoms with Gasteiger partial charge in [-0.25, -0.2) is 0 Å². The van der Waals surface area contributed by atoms with Crippen molar-refractivity contribution in [2.75, 3.05) is 5.32 Å². The van der Waals surface area contributed by atoms with E-state index in [0.29, 0.717) is 5.57 Å². The number of fused-ring (bicyclic) bond motifs is 1. The SMILES string of the molecule is Cn1cccc1C=C1C(=O)Nc2cnccc21. The molecule has 0 aromatic carbocycles. The van der Waals surface area contributed by atoms with Gasteiger partial charge in [-0.05, 0) is 24.3 Å². The van der Waals surface area contributed by atoms with Crippen LogP contribution in [-0.4, -0.2) is 15.5 Å². The lowest BCUT2D eigenvalue weighted by molar-refractivity contribution is -0.110. The summed E-state index contributed by atoms with van der Waals surface area (Å²) in [4.78, 5) is 15.8. The third-order valence-electron chi connectivity index (χ3n) is 2.88. The van der Waals surface area contributed by atoms with E-state index in [2.05, 4.69) is 10.3 Å². The minimum atomic E-state index is -0.0748. The second-order valence-electron chi connectivity index (χ2n) is 3.98. The zero-order valence-corrected chi connectivity index (χ0v) is 9.34. The summed E-state index contributed by atoms with van der Waals surface area (Å²) in [6, 6.07) is 5.77. The predicted octanol–water partition coefficient (Wildman–Crippen LogP) is 1.91. The van der Waals surface area contributed by atoms with Crippen molar-refractivity contribution in [2.45, 2.75) is 0 Å². The van der Waals surface area contributed by atoms with Crippen molar-refractivity contribution in [1.82, 2.24) is 9.55 Å². The Bertz CT molecular complexity index is 625. The molecule has 0 spiro atoms. The summed E-state index contributed by atoms with van der Waals surface area (Å²) in [6.45, 7) is 0. The summed E-state index contributed by atoms with van der Waals surface area (Å²) in [5.41, 5.74) is 3.37. The van der Waals surface area contributed by atoms with Crippen LogP contribution < -0.4 is 5.32 Å². The normalized spacial score (nSPS) is 16.1. The van der Waals surface area contributed by atoms with Crippen LogP contribution in [0.25, 0.3) is 11.6 Å². The molecule has 0 saturated heterocycles. The number of hydrogen-bond acceptors (Lipinski definition) is 2. The maximum absolute atomic E-state index is 11.9. The Morgan fingerprint density at radius 3 is 3.06 bits per heavy atom. The standard InChI is InChI=1S/C13H11N3O/c1-16-6-2-3-9(16)7-11-10-4-5-14-8-12(10)15-13(11)17/h2-8H,1H3,(H,15,17). The average Bonchev–Trinajstić information content (AvgIpc) is 2.85. The quantitative estimate of drug-likeness (QED) is 0.753. The Kier molecular flexibility index (Phi) is 2.08. The topological polar surface area (TPSA) is 46.9 Å². The Hall–Kier alpha value is -2.36. The molecule has 2 aromatic heterocycles. The monoisotopic (exact) mass is 225 g/mol. The van der Waals surface area contributed by atoms with Gasteiger partial charge in [0.05, 0.1) is 17.5 Å². The number of aryl methyl sites for hydroxylation is 1. The molecule has 0 aliphatic carbocycles. The van der Waals surface area contributed by atoms with Gasteiger partial charge in [0, 0.05) is 30.7 Å². The van der Waals surface area contributed by atoms with Crippen LogP contribution in [0.1, 0.15) is 11.3 Å². The van der Waals surface area contributed by atoms with E-state index in [-0.39, 0.29) is 5.91 Å². The lowest BCUT2D eigenvalue weighted by Crippen LogP contribution is -2.04. The molecule has 3 rings (SSSR count). The molecule has 0 bridgehead atoms. The maximum atomic E-state index is 11.9. The zero-order valence-electron chi connectivity index (χ0n) is 9.34. The van der Waals surface area contributed by atoms with Crippen LogP contribution >= 0.6 is 0 Å². The first kappa shape index (κ1) is 9.84. The van der Waals surface area contributed by atoms with E-state index in [1.165, 1.54) is 0 Å². The average molecular weight is 225 g/mol. The first-order chi connectivity index (χ1) is 8.25. The largest absolute Gasteiger partial charge is 0.351 e. The van der Waals surface area contributed by atoms with E-state index < -0.39 is 0 Å². The van der Waals surface area contributed by atoms with Gasteiger partial charge in [0.1, 0.15) is 0 Å². The van der Waals surface area contributed by atoms with Crippen molar-refractivity contribution >= 4 is 23.2 Å². The fraction of sp³-hybridized carbons (Fsp3) is 0.0769. The number of carbonyl (C=O) groups excluding carboxylic acids is 1. The molecule has 84 valence electrons. The fourth-order valence-electron chi connectivity index (χ4n) is 1.96. The van der Waals surface area contributed by atoms with Crippen molar-refractivity contribution < 1.29 is 4.79 Å². The number of pyridine rings is 1. The van der Waals surface area contributed by atoms with Gasteiger partial charge in [0.2, 0.25) is 0 Å². The molecule has 4 heteroatoms. The molecule has 1 N–H and O–H groups in total. The molecule has 3 heterocycles. The smallest absolute Gasteiger partial charge is 0.256 e. The highest BCUT2D eigenvalue weighted by molar-refractivity contribution is 6.34. The van der Waals surface area contributed by atoms with E-state index in [0.717, 1.165) is 16.9 Å². The molecule has 0 radical (unpaired) electrons. The minimum Gasteiger partial charge on any atom is -0.351 e. The molecule has 1 aliphatic rings. The molecule has 2 aromatic rings. The first-order valence-corrected chi connectivity index (χ1v) is 5.34. The van der Waals surface area contributed by atoms with Gasteiger partial charge in [-0.2, -0.15) is 0 Å². The van der Waals surface area contributed by atoms with E-state index in [4.69, 9.17) is 0 Å². The van der Waals surface area contributed by atoms with Crippen molar-refractivity contribution in [3.63, 3.8) is 0 Å².